The predicted octanol–water partition coefficient (Wildman–Crippen LogP) is 4.18. The maximum atomic E-state index is 5.97. The number of alkyl halides is 1. The molecule has 1 atom stereocenters. The van der Waals surface area contributed by atoms with E-state index in [-0.39, 0.29) is 0 Å². The van der Waals surface area contributed by atoms with Crippen LogP contribution in [0.15, 0.2) is 0 Å². The highest BCUT2D eigenvalue weighted by Gasteiger charge is 1.99. The molecule has 0 heterocycles. The highest BCUT2D eigenvalue weighted by Crippen LogP contribution is 2.12. The first-order valence-electron chi connectivity index (χ1n) is 4.77. The third kappa shape index (κ3) is 8.19. The smallest absolute Gasteiger partial charge is 0.0333 e. The van der Waals surface area contributed by atoms with Crippen molar-refractivity contribution in [2.45, 2.75) is 57.7 Å². The van der Waals surface area contributed by atoms with Gasteiger partial charge in [-0.25, -0.2) is 0 Å². The maximum absolute atomic E-state index is 5.97. The molecule has 67 valence electrons. The Morgan fingerprint density at radius 1 is 1.27 bits per heavy atom. The topological polar surface area (TPSA) is 0 Å². The Balaban J connectivity index is 2.89. The second kappa shape index (κ2) is 8.39. The van der Waals surface area contributed by atoms with Gasteiger partial charge in [0, 0.05) is 5.38 Å². The summed E-state index contributed by atoms with van der Waals surface area (Å²) in [7, 11) is 0. The Labute approximate surface area is 76.3 Å². The normalized spacial score (nSPS) is 13.4. The van der Waals surface area contributed by atoms with Crippen molar-refractivity contribution in [2.24, 2.45) is 0 Å². The van der Waals surface area contributed by atoms with E-state index in [0.29, 0.717) is 5.38 Å². The highest BCUT2D eigenvalue weighted by atomic mass is 35.5. The van der Waals surface area contributed by atoms with E-state index in [0.717, 1.165) is 6.42 Å². The summed E-state index contributed by atoms with van der Waals surface area (Å²) in [5.74, 6) is 0. The van der Waals surface area contributed by atoms with Crippen molar-refractivity contribution in [1.29, 1.82) is 0 Å². The third-order valence-electron chi connectivity index (χ3n) is 1.91. The fraction of sp³-hybridized carbons (Fsp3) is 0.900. The van der Waals surface area contributed by atoms with Gasteiger partial charge in [0.1, 0.15) is 0 Å². The average Bonchev–Trinajstić information content (AvgIpc) is 2.04. The van der Waals surface area contributed by atoms with Crippen LogP contribution in [0, 0.1) is 6.42 Å². The lowest BCUT2D eigenvalue weighted by atomic mass is 10.1. The summed E-state index contributed by atoms with van der Waals surface area (Å²) in [6, 6.07) is 0. The number of hydrogen-bond acceptors (Lipinski definition) is 0. The van der Waals surface area contributed by atoms with Crippen molar-refractivity contribution < 1.29 is 0 Å². The lowest BCUT2D eigenvalue weighted by Crippen LogP contribution is -1.94. The SMILES string of the molecule is CC[CH]CCCCC(Cl)CC. The molecule has 0 saturated heterocycles. The molecule has 0 fully saturated rings. The van der Waals surface area contributed by atoms with Gasteiger partial charge in [0.2, 0.25) is 0 Å². The quantitative estimate of drug-likeness (QED) is 0.402. The zero-order valence-corrected chi connectivity index (χ0v) is 8.53. The zero-order valence-electron chi connectivity index (χ0n) is 7.78. The van der Waals surface area contributed by atoms with Gasteiger partial charge in [0.15, 0.2) is 0 Å². The standard InChI is InChI=1S/C10H20Cl/c1-3-5-6-7-8-9-10(11)4-2/h5,10H,3-4,6-9H2,1-2H3. The van der Waals surface area contributed by atoms with Gasteiger partial charge in [-0.1, -0.05) is 39.5 Å². The maximum Gasteiger partial charge on any atom is 0.0333 e. The van der Waals surface area contributed by atoms with E-state index in [4.69, 9.17) is 11.6 Å². The monoisotopic (exact) mass is 175 g/mol. The van der Waals surface area contributed by atoms with Crippen molar-refractivity contribution >= 4 is 11.6 Å². The van der Waals surface area contributed by atoms with E-state index < -0.39 is 0 Å². The van der Waals surface area contributed by atoms with Gasteiger partial charge >= 0.3 is 0 Å². The summed E-state index contributed by atoms with van der Waals surface area (Å²) < 4.78 is 0. The molecule has 11 heavy (non-hydrogen) atoms. The van der Waals surface area contributed by atoms with Crippen LogP contribution in [0.25, 0.3) is 0 Å². The van der Waals surface area contributed by atoms with Crippen LogP contribution in [0.1, 0.15) is 52.4 Å². The first-order chi connectivity index (χ1) is 5.31. The van der Waals surface area contributed by atoms with Crippen molar-refractivity contribution in [3.63, 3.8) is 0 Å². The molecule has 0 rings (SSSR count). The van der Waals surface area contributed by atoms with Gasteiger partial charge in [-0.05, 0) is 19.3 Å². The Morgan fingerprint density at radius 3 is 2.55 bits per heavy atom. The molecular formula is C10H20Cl. The summed E-state index contributed by atoms with van der Waals surface area (Å²) >= 11 is 5.97. The van der Waals surface area contributed by atoms with Gasteiger partial charge < -0.3 is 0 Å². The zero-order chi connectivity index (χ0) is 8.53. The minimum absolute atomic E-state index is 0.414. The fourth-order valence-electron chi connectivity index (χ4n) is 1.06. The third-order valence-corrected chi connectivity index (χ3v) is 2.43. The summed E-state index contributed by atoms with van der Waals surface area (Å²) in [5.41, 5.74) is 0. The summed E-state index contributed by atoms with van der Waals surface area (Å²) in [4.78, 5) is 0. The molecule has 1 radical (unpaired) electrons. The number of halogens is 1. The van der Waals surface area contributed by atoms with Gasteiger partial charge in [-0.15, -0.1) is 11.6 Å². The van der Waals surface area contributed by atoms with Crippen molar-refractivity contribution in [3.8, 4) is 0 Å². The van der Waals surface area contributed by atoms with Gasteiger partial charge in [-0.2, -0.15) is 0 Å². The van der Waals surface area contributed by atoms with Crippen LogP contribution in [-0.4, -0.2) is 5.38 Å². The van der Waals surface area contributed by atoms with Crippen LogP contribution < -0.4 is 0 Å². The van der Waals surface area contributed by atoms with E-state index in [1.54, 1.807) is 0 Å². The Hall–Kier alpha value is 0.290. The molecule has 0 nitrogen and oxygen atoms in total. The molecule has 0 aromatic rings. The minimum Gasteiger partial charge on any atom is -0.123 e. The second-order valence-electron chi connectivity index (χ2n) is 2.99. The molecule has 0 aliphatic carbocycles. The average molecular weight is 176 g/mol. The van der Waals surface area contributed by atoms with Gasteiger partial charge in [0.05, 0.1) is 0 Å². The molecule has 0 amide bonds. The Bertz CT molecular complexity index is 71.3. The lowest BCUT2D eigenvalue weighted by molar-refractivity contribution is 0.630. The van der Waals surface area contributed by atoms with E-state index in [9.17, 15) is 0 Å². The van der Waals surface area contributed by atoms with Crippen molar-refractivity contribution in [2.75, 3.05) is 0 Å². The first kappa shape index (κ1) is 11.3. The van der Waals surface area contributed by atoms with E-state index in [2.05, 4.69) is 20.3 Å². The molecule has 1 unspecified atom stereocenters. The molecule has 1 heteroatoms. The molecule has 0 aromatic heterocycles. The Morgan fingerprint density at radius 2 is 2.00 bits per heavy atom. The largest absolute Gasteiger partial charge is 0.123 e. The number of rotatable bonds is 7. The van der Waals surface area contributed by atoms with Crippen LogP contribution in [-0.2, 0) is 0 Å². The number of hydrogen-bond donors (Lipinski definition) is 0. The molecule has 0 bridgehead atoms. The van der Waals surface area contributed by atoms with Crippen LogP contribution in [0.4, 0.5) is 0 Å². The van der Waals surface area contributed by atoms with E-state index in [1.807, 2.05) is 0 Å². The number of unbranched alkanes of at least 4 members (excludes halogenated alkanes) is 4. The first-order valence-corrected chi connectivity index (χ1v) is 5.20. The van der Waals surface area contributed by atoms with Crippen LogP contribution in [0.3, 0.4) is 0 Å². The molecule has 0 aliphatic heterocycles. The molecule has 0 N–H and O–H groups in total. The highest BCUT2D eigenvalue weighted by molar-refractivity contribution is 6.20. The molecule has 0 aliphatic rings. The Kier molecular flexibility index (Phi) is 8.61. The van der Waals surface area contributed by atoms with Gasteiger partial charge in [0.25, 0.3) is 0 Å². The van der Waals surface area contributed by atoms with Crippen molar-refractivity contribution in [1.82, 2.24) is 0 Å². The van der Waals surface area contributed by atoms with Crippen LogP contribution in [0.5, 0.6) is 0 Å². The van der Waals surface area contributed by atoms with Crippen LogP contribution in [0.2, 0.25) is 0 Å². The molecule has 0 spiro atoms. The summed E-state index contributed by atoms with van der Waals surface area (Å²) in [6.07, 6.45) is 9.72. The second-order valence-corrected chi connectivity index (χ2v) is 3.60. The van der Waals surface area contributed by atoms with Gasteiger partial charge in [-0.3, -0.25) is 0 Å². The van der Waals surface area contributed by atoms with Crippen molar-refractivity contribution in [3.05, 3.63) is 6.42 Å². The minimum atomic E-state index is 0.414. The molecule has 0 saturated carbocycles. The van der Waals surface area contributed by atoms with E-state index >= 15 is 0 Å². The fourth-order valence-corrected chi connectivity index (χ4v) is 1.22. The summed E-state index contributed by atoms with van der Waals surface area (Å²) in [6.45, 7) is 4.34. The molecule has 0 aromatic carbocycles. The lowest BCUT2D eigenvalue weighted by Gasteiger charge is -2.04. The summed E-state index contributed by atoms with van der Waals surface area (Å²) in [5, 5.41) is 0.414. The predicted molar refractivity (Wildman–Crippen MR) is 53.0 cm³/mol. The van der Waals surface area contributed by atoms with E-state index in [1.165, 1.54) is 32.1 Å². The molecular weight excluding hydrogens is 156 g/mol. The van der Waals surface area contributed by atoms with Crippen LogP contribution >= 0.6 is 11.6 Å².